The van der Waals surface area contributed by atoms with E-state index in [1.165, 1.54) is 0 Å². The Balaban J connectivity index is 1.36. The molecular formula is C23H32N2O4. The zero-order valence-corrected chi connectivity index (χ0v) is 17.0. The largest absolute Gasteiger partial charge is 0.391 e. The van der Waals surface area contributed by atoms with Crippen LogP contribution in [0.1, 0.15) is 69.4 Å². The highest BCUT2D eigenvalue weighted by molar-refractivity contribution is 5.85. The minimum Gasteiger partial charge on any atom is -0.391 e. The lowest BCUT2D eigenvalue weighted by Gasteiger charge is -2.47. The number of nitrogens with zero attached hydrogens (tertiary/aromatic N) is 1. The van der Waals surface area contributed by atoms with E-state index in [2.05, 4.69) is 5.32 Å². The maximum absolute atomic E-state index is 13.0. The van der Waals surface area contributed by atoms with Crippen LogP contribution in [0.4, 0.5) is 0 Å². The minimum absolute atomic E-state index is 0.0109. The summed E-state index contributed by atoms with van der Waals surface area (Å²) in [6.07, 6.45) is 5.57. The van der Waals surface area contributed by atoms with Gasteiger partial charge in [0.15, 0.2) is 0 Å². The molecule has 0 aromatic heterocycles. The molecule has 2 aliphatic heterocycles. The lowest BCUT2D eigenvalue weighted by molar-refractivity contribution is -0.150. The van der Waals surface area contributed by atoms with Gasteiger partial charge in [0, 0.05) is 13.1 Å². The van der Waals surface area contributed by atoms with Gasteiger partial charge >= 0.3 is 0 Å². The Kier molecular flexibility index (Phi) is 5.67. The molecule has 1 saturated carbocycles. The molecule has 2 heterocycles. The summed E-state index contributed by atoms with van der Waals surface area (Å²) in [5, 5.41) is 24.5. The summed E-state index contributed by atoms with van der Waals surface area (Å²) >= 11 is 0. The lowest BCUT2D eigenvalue weighted by Crippen LogP contribution is -2.57. The number of nitrogens with one attached hydrogen (secondary N) is 1. The van der Waals surface area contributed by atoms with Gasteiger partial charge in [0.2, 0.25) is 11.8 Å². The fourth-order valence-electron chi connectivity index (χ4n) is 5.36. The highest BCUT2D eigenvalue weighted by Crippen LogP contribution is 2.43. The van der Waals surface area contributed by atoms with Crippen molar-refractivity contribution in [1.29, 1.82) is 0 Å². The molecule has 0 unspecified atom stereocenters. The third kappa shape index (κ3) is 4.19. The molecule has 29 heavy (non-hydrogen) atoms. The first kappa shape index (κ1) is 20.4. The Morgan fingerprint density at radius 2 is 1.72 bits per heavy atom. The Bertz CT molecular complexity index is 737. The molecule has 1 aromatic carbocycles. The van der Waals surface area contributed by atoms with Crippen molar-refractivity contribution in [1.82, 2.24) is 10.2 Å². The second kappa shape index (κ2) is 8.07. The maximum Gasteiger partial charge on any atom is 0.227 e. The van der Waals surface area contributed by atoms with E-state index >= 15 is 0 Å². The minimum atomic E-state index is -0.855. The Hall–Kier alpha value is -1.92. The number of aliphatic hydroxyl groups is 2. The summed E-state index contributed by atoms with van der Waals surface area (Å²) in [6, 6.07) is 9.19. The van der Waals surface area contributed by atoms with Gasteiger partial charge in [0.25, 0.3) is 0 Å². The molecule has 2 amide bonds. The molecule has 158 valence electrons. The lowest BCUT2D eigenvalue weighted by atomic mass is 9.69. The van der Waals surface area contributed by atoms with Crippen LogP contribution in [0.3, 0.4) is 0 Å². The van der Waals surface area contributed by atoms with Crippen LogP contribution in [0, 0.1) is 5.41 Å². The summed E-state index contributed by atoms with van der Waals surface area (Å²) in [6.45, 7) is 1.01. The first-order valence-electron chi connectivity index (χ1n) is 11.0. The fraction of sp³-hybridized carbons (Fsp3) is 0.652. The van der Waals surface area contributed by atoms with Gasteiger partial charge in [-0.15, -0.1) is 0 Å². The molecule has 0 radical (unpaired) electrons. The van der Waals surface area contributed by atoms with Gasteiger partial charge < -0.3 is 20.4 Å². The number of benzene rings is 1. The van der Waals surface area contributed by atoms with Crippen molar-refractivity contribution >= 4 is 11.8 Å². The van der Waals surface area contributed by atoms with Crippen LogP contribution >= 0.6 is 0 Å². The second-order valence-corrected chi connectivity index (χ2v) is 9.26. The van der Waals surface area contributed by atoms with Crippen molar-refractivity contribution < 1.29 is 19.8 Å². The summed E-state index contributed by atoms with van der Waals surface area (Å²) < 4.78 is 0. The normalized spacial score (nSPS) is 28.8. The second-order valence-electron chi connectivity index (χ2n) is 9.26. The molecule has 2 saturated heterocycles. The molecule has 3 aliphatic rings. The van der Waals surface area contributed by atoms with E-state index < -0.39 is 17.1 Å². The van der Waals surface area contributed by atoms with E-state index in [-0.39, 0.29) is 24.3 Å². The van der Waals surface area contributed by atoms with Crippen LogP contribution in [0.5, 0.6) is 0 Å². The molecule has 4 rings (SSSR count). The molecule has 2 atom stereocenters. The SMILES string of the molecule is O=C(CC1(O)CCCCC1)N1CCC2(CC1)C[C@@H](O)[C@H](c1ccccc1)NC2=O. The Morgan fingerprint density at radius 3 is 2.38 bits per heavy atom. The molecule has 0 bridgehead atoms. The molecule has 1 spiro atoms. The van der Waals surface area contributed by atoms with Gasteiger partial charge in [0.1, 0.15) is 0 Å². The summed E-state index contributed by atoms with van der Waals surface area (Å²) in [7, 11) is 0. The molecule has 1 aromatic rings. The quantitative estimate of drug-likeness (QED) is 0.726. The van der Waals surface area contributed by atoms with Crippen LogP contribution in [0.15, 0.2) is 30.3 Å². The monoisotopic (exact) mass is 400 g/mol. The number of rotatable bonds is 3. The number of likely N-dealkylation sites (tertiary alicyclic amines) is 1. The summed E-state index contributed by atoms with van der Waals surface area (Å²) in [4.78, 5) is 27.5. The third-order valence-corrected chi connectivity index (χ3v) is 7.25. The molecule has 6 nitrogen and oxygen atoms in total. The van der Waals surface area contributed by atoms with Gasteiger partial charge in [-0.1, -0.05) is 49.6 Å². The highest BCUT2D eigenvalue weighted by Gasteiger charge is 2.49. The smallest absolute Gasteiger partial charge is 0.227 e. The van der Waals surface area contributed by atoms with Crippen molar-refractivity contribution in [3.05, 3.63) is 35.9 Å². The average Bonchev–Trinajstić information content (AvgIpc) is 2.72. The van der Waals surface area contributed by atoms with Gasteiger partial charge in [-0.3, -0.25) is 9.59 Å². The average molecular weight is 401 g/mol. The van der Waals surface area contributed by atoms with E-state index in [9.17, 15) is 19.8 Å². The van der Waals surface area contributed by atoms with Crippen LogP contribution in [0.2, 0.25) is 0 Å². The topological polar surface area (TPSA) is 89.9 Å². The van der Waals surface area contributed by atoms with E-state index in [1.54, 1.807) is 4.90 Å². The number of aliphatic hydroxyl groups excluding tert-OH is 1. The zero-order valence-electron chi connectivity index (χ0n) is 17.0. The molecular weight excluding hydrogens is 368 g/mol. The van der Waals surface area contributed by atoms with Crippen molar-refractivity contribution in [2.24, 2.45) is 5.41 Å². The van der Waals surface area contributed by atoms with Crippen LogP contribution in [0.25, 0.3) is 0 Å². The molecule has 6 heteroatoms. The van der Waals surface area contributed by atoms with Gasteiger partial charge in [-0.2, -0.15) is 0 Å². The fourth-order valence-corrected chi connectivity index (χ4v) is 5.36. The van der Waals surface area contributed by atoms with Crippen molar-refractivity contribution in [2.75, 3.05) is 13.1 Å². The van der Waals surface area contributed by atoms with Crippen molar-refractivity contribution in [3.63, 3.8) is 0 Å². The summed E-state index contributed by atoms with van der Waals surface area (Å²) in [5.74, 6) is -0.0298. The van der Waals surface area contributed by atoms with Crippen LogP contribution in [-0.2, 0) is 9.59 Å². The van der Waals surface area contributed by atoms with Crippen molar-refractivity contribution in [2.45, 2.75) is 75.5 Å². The van der Waals surface area contributed by atoms with E-state index in [4.69, 9.17) is 0 Å². The number of amides is 2. The zero-order chi connectivity index (χ0) is 20.5. The van der Waals surface area contributed by atoms with E-state index in [1.807, 2.05) is 30.3 Å². The summed E-state index contributed by atoms with van der Waals surface area (Å²) in [5.41, 5.74) is -0.550. The van der Waals surface area contributed by atoms with Crippen LogP contribution < -0.4 is 5.32 Å². The van der Waals surface area contributed by atoms with Gasteiger partial charge in [0.05, 0.1) is 29.6 Å². The van der Waals surface area contributed by atoms with Gasteiger partial charge in [-0.25, -0.2) is 0 Å². The van der Waals surface area contributed by atoms with Gasteiger partial charge in [-0.05, 0) is 37.7 Å². The Morgan fingerprint density at radius 1 is 1.07 bits per heavy atom. The Labute approximate surface area is 172 Å². The highest BCUT2D eigenvalue weighted by atomic mass is 16.3. The predicted octanol–water partition coefficient (Wildman–Crippen LogP) is 2.30. The number of piperidine rings is 2. The predicted molar refractivity (Wildman–Crippen MR) is 109 cm³/mol. The van der Waals surface area contributed by atoms with E-state index in [0.29, 0.717) is 45.2 Å². The number of hydrogen-bond acceptors (Lipinski definition) is 4. The molecule has 1 aliphatic carbocycles. The third-order valence-electron chi connectivity index (χ3n) is 7.25. The maximum atomic E-state index is 13.0. The van der Waals surface area contributed by atoms with Crippen LogP contribution in [-0.4, -0.2) is 51.7 Å². The van der Waals surface area contributed by atoms with E-state index in [0.717, 1.165) is 24.8 Å². The molecule has 3 fully saturated rings. The van der Waals surface area contributed by atoms with Crippen molar-refractivity contribution in [3.8, 4) is 0 Å². The molecule has 3 N–H and O–H groups in total. The standard InChI is InChI=1S/C23H32N2O4/c26-18-15-22(21(28)24-20(18)17-7-3-1-4-8-17)11-13-25(14-12-22)19(27)16-23(29)9-5-2-6-10-23/h1,3-4,7-8,18,20,26,29H,2,5-6,9-16H2,(H,24,28)/t18-,20+/m1/s1. The first-order chi connectivity index (χ1) is 13.9. The number of carbonyl (C=O) groups excluding carboxylic acids is 2. The number of hydrogen-bond donors (Lipinski definition) is 3. The first-order valence-corrected chi connectivity index (χ1v) is 11.0. The number of carbonyl (C=O) groups is 2.